The smallest absolute Gasteiger partial charge is 0.186 e. The summed E-state index contributed by atoms with van der Waals surface area (Å²) in [7, 11) is 0. The summed E-state index contributed by atoms with van der Waals surface area (Å²) < 4.78 is 11.2. The highest BCUT2D eigenvalue weighted by Crippen LogP contribution is 2.14. The minimum atomic E-state index is 0.528. The molecule has 1 saturated heterocycles. The van der Waals surface area contributed by atoms with Gasteiger partial charge in [0.25, 0.3) is 0 Å². The molecule has 6 nitrogen and oxygen atoms in total. The van der Waals surface area contributed by atoms with Crippen molar-refractivity contribution in [3.63, 3.8) is 0 Å². The van der Waals surface area contributed by atoms with Crippen LogP contribution in [0.4, 0.5) is 0 Å². The molecule has 0 spiro atoms. The van der Waals surface area contributed by atoms with Gasteiger partial charge in [0.05, 0.1) is 19.4 Å². The van der Waals surface area contributed by atoms with Gasteiger partial charge in [-0.15, -0.1) is 0 Å². The van der Waals surface area contributed by atoms with E-state index in [9.17, 15) is 0 Å². The summed E-state index contributed by atoms with van der Waals surface area (Å²) in [4.78, 5) is 2.41. The molecule has 154 valence electrons. The van der Waals surface area contributed by atoms with Gasteiger partial charge in [0.15, 0.2) is 5.11 Å². The van der Waals surface area contributed by atoms with Gasteiger partial charge in [-0.05, 0) is 48.4 Å². The summed E-state index contributed by atoms with van der Waals surface area (Å²) >= 11 is 5.27. The quantitative estimate of drug-likeness (QED) is 0.286. The second kappa shape index (κ2) is 12.2. The summed E-state index contributed by atoms with van der Waals surface area (Å²) in [6, 6.07) is 17.9. The molecule has 0 saturated carbocycles. The predicted molar refractivity (Wildman–Crippen MR) is 120 cm³/mol. The molecular formula is C22H28N4O2S. The van der Waals surface area contributed by atoms with Crippen molar-refractivity contribution in [2.75, 3.05) is 39.4 Å². The van der Waals surface area contributed by atoms with Crippen LogP contribution < -0.4 is 15.5 Å². The van der Waals surface area contributed by atoms with Gasteiger partial charge in [0.2, 0.25) is 0 Å². The van der Waals surface area contributed by atoms with E-state index in [1.54, 1.807) is 6.21 Å². The number of nitrogens with zero attached hydrogens (tertiary/aromatic N) is 2. The Bertz CT molecular complexity index is 779. The van der Waals surface area contributed by atoms with Crippen molar-refractivity contribution < 1.29 is 9.47 Å². The highest BCUT2D eigenvalue weighted by molar-refractivity contribution is 7.80. The van der Waals surface area contributed by atoms with Crippen LogP contribution >= 0.6 is 12.2 Å². The van der Waals surface area contributed by atoms with E-state index in [0.717, 1.165) is 62.7 Å². The number of hydrazone groups is 1. The maximum atomic E-state index is 5.84. The van der Waals surface area contributed by atoms with Gasteiger partial charge in [0, 0.05) is 19.6 Å². The third-order valence-corrected chi connectivity index (χ3v) is 4.76. The highest BCUT2D eigenvalue weighted by Gasteiger charge is 2.09. The molecule has 0 aliphatic carbocycles. The van der Waals surface area contributed by atoms with Crippen molar-refractivity contribution in [2.45, 2.75) is 13.0 Å². The topological polar surface area (TPSA) is 58.1 Å². The van der Waals surface area contributed by atoms with Crippen molar-refractivity contribution in [1.82, 2.24) is 15.6 Å². The standard InChI is InChI=1S/C22H28N4O2S/c29-22(23-10-5-11-26-12-14-27-15-13-26)25-24-17-20-8-4-9-21(16-20)28-18-19-6-2-1-3-7-19/h1-4,6-9,16-17H,5,10-15,18H2,(H2,23,25,29)/b24-17+. The van der Waals surface area contributed by atoms with Crippen LogP contribution in [0.3, 0.4) is 0 Å². The Balaban J connectivity index is 1.34. The zero-order valence-corrected chi connectivity index (χ0v) is 17.4. The molecule has 29 heavy (non-hydrogen) atoms. The Kier molecular flexibility index (Phi) is 8.90. The van der Waals surface area contributed by atoms with E-state index >= 15 is 0 Å². The molecule has 1 heterocycles. The fourth-order valence-electron chi connectivity index (χ4n) is 2.96. The normalized spacial score (nSPS) is 14.6. The van der Waals surface area contributed by atoms with Crippen LogP contribution in [0.5, 0.6) is 5.75 Å². The number of rotatable bonds is 9. The Labute approximate surface area is 177 Å². The van der Waals surface area contributed by atoms with Crippen molar-refractivity contribution in [3.8, 4) is 5.75 Å². The lowest BCUT2D eigenvalue weighted by molar-refractivity contribution is 0.0376. The second-order valence-corrected chi connectivity index (χ2v) is 7.19. The third-order valence-electron chi connectivity index (χ3n) is 4.53. The van der Waals surface area contributed by atoms with E-state index in [2.05, 4.69) is 20.7 Å². The molecule has 0 bridgehead atoms. The lowest BCUT2D eigenvalue weighted by atomic mass is 10.2. The molecule has 0 atom stereocenters. The maximum absolute atomic E-state index is 5.84. The van der Waals surface area contributed by atoms with Crippen LogP contribution in [0.15, 0.2) is 59.7 Å². The molecule has 1 aliphatic heterocycles. The molecule has 0 aromatic heterocycles. The number of hydrogen-bond acceptors (Lipinski definition) is 5. The van der Waals surface area contributed by atoms with E-state index in [4.69, 9.17) is 21.7 Å². The fraction of sp³-hybridized carbons (Fsp3) is 0.364. The Hall–Kier alpha value is -2.48. The van der Waals surface area contributed by atoms with Crippen molar-refractivity contribution >= 4 is 23.5 Å². The largest absolute Gasteiger partial charge is 0.489 e. The van der Waals surface area contributed by atoms with E-state index in [1.807, 2.05) is 54.6 Å². The first-order chi connectivity index (χ1) is 14.3. The fourth-order valence-corrected chi connectivity index (χ4v) is 3.11. The van der Waals surface area contributed by atoms with Crippen LogP contribution in [0.1, 0.15) is 17.5 Å². The minimum Gasteiger partial charge on any atom is -0.489 e. The summed E-state index contributed by atoms with van der Waals surface area (Å²) in [5.41, 5.74) is 4.94. The van der Waals surface area contributed by atoms with Crippen LogP contribution in [-0.4, -0.2) is 55.6 Å². The summed E-state index contributed by atoms with van der Waals surface area (Å²) in [6.45, 7) is 6.11. The van der Waals surface area contributed by atoms with Gasteiger partial charge in [-0.25, -0.2) is 0 Å². The first kappa shape index (κ1) is 21.2. The molecule has 2 aromatic rings. The summed E-state index contributed by atoms with van der Waals surface area (Å²) in [5, 5.41) is 7.92. The molecule has 3 rings (SSSR count). The van der Waals surface area contributed by atoms with Crippen molar-refractivity contribution in [2.24, 2.45) is 5.10 Å². The molecule has 7 heteroatoms. The van der Waals surface area contributed by atoms with E-state index in [1.165, 1.54) is 0 Å². The molecule has 2 N–H and O–H groups in total. The number of thiocarbonyl (C=S) groups is 1. The Morgan fingerprint density at radius 2 is 1.97 bits per heavy atom. The van der Waals surface area contributed by atoms with Gasteiger partial charge in [-0.2, -0.15) is 5.10 Å². The van der Waals surface area contributed by atoms with Crippen LogP contribution in [0, 0.1) is 0 Å². The lowest BCUT2D eigenvalue weighted by Crippen LogP contribution is -2.39. The van der Waals surface area contributed by atoms with Gasteiger partial charge in [0.1, 0.15) is 12.4 Å². The molecule has 0 amide bonds. The maximum Gasteiger partial charge on any atom is 0.186 e. The number of benzene rings is 2. The van der Waals surface area contributed by atoms with Crippen molar-refractivity contribution in [3.05, 3.63) is 65.7 Å². The zero-order valence-electron chi connectivity index (χ0n) is 16.5. The van der Waals surface area contributed by atoms with E-state index in [0.29, 0.717) is 11.7 Å². The minimum absolute atomic E-state index is 0.528. The predicted octanol–water partition coefficient (Wildman–Crippen LogP) is 2.79. The average Bonchev–Trinajstić information content (AvgIpc) is 2.77. The molecule has 0 unspecified atom stereocenters. The Morgan fingerprint density at radius 3 is 2.79 bits per heavy atom. The number of morpholine rings is 1. The van der Waals surface area contributed by atoms with Gasteiger partial charge < -0.3 is 14.8 Å². The number of ether oxygens (including phenoxy) is 2. The molecule has 0 radical (unpaired) electrons. The second-order valence-electron chi connectivity index (χ2n) is 6.78. The monoisotopic (exact) mass is 412 g/mol. The Morgan fingerprint density at radius 1 is 1.14 bits per heavy atom. The third kappa shape index (κ3) is 8.19. The molecule has 2 aromatic carbocycles. The van der Waals surface area contributed by atoms with Crippen LogP contribution in [0.25, 0.3) is 0 Å². The van der Waals surface area contributed by atoms with Gasteiger partial charge in [-0.3, -0.25) is 10.3 Å². The van der Waals surface area contributed by atoms with E-state index < -0.39 is 0 Å². The summed E-state index contributed by atoms with van der Waals surface area (Å²) in [5.74, 6) is 0.807. The first-order valence-corrected chi connectivity index (χ1v) is 10.3. The molecular weight excluding hydrogens is 384 g/mol. The lowest BCUT2D eigenvalue weighted by Gasteiger charge is -2.26. The summed E-state index contributed by atoms with van der Waals surface area (Å²) in [6.07, 6.45) is 2.77. The van der Waals surface area contributed by atoms with Crippen LogP contribution in [0.2, 0.25) is 0 Å². The SMILES string of the molecule is S=C(NCCCN1CCOCC1)N/N=C/c1cccc(OCc2ccccc2)c1. The number of hydrogen-bond donors (Lipinski definition) is 2. The van der Waals surface area contributed by atoms with Gasteiger partial charge >= 0.3 is 0 Å². The molecule has 1 fully saturated rings. The average molecular weight is 413 g/mol. The highest BCUT2D eigenvalue weighted by atomic mass is 32.1. The van der Waals surface area contributed by atoms with Crippen LogP contribution in [-0.2, 0) is 11.3 Å². The van der Waals surface area contributed by atoms with Gasteiger partial charge in [-0.1, -0.05) is 42.5 Å². The first-order valence-electron chi connectivity index (χ1n) is 9.93. The zero-order chi connectivity index (χ0) is 20.2. The van der Waals surface area contributed by atoms with Crippen molar-refractivity contribution in [1.29, 1.82) is 0 Å². The number of nitrogens with one attached hydrogen (secondary N) is 2. The van der Waals surface area contributed by atoms with E-state index in [-0.39, 0.29) is 0 Å². The molecule has 1 aliphatic rings.